The van der Waals surface area contributed by atoms with Gasteiger partial charge in [0, 0.05) is 24.9 Å². The normalized spacial score (nSPS) is 10.8. The third kappa shape index (κ3) is 5.28. The second-order valence-electron chi connectivity index (χ2n) is 4.06. The van der Waals surface area contributed by atoms with E-state index in [1.54, 1.807) is 0 Å². The van der Waals surface area contributed by atoms with E-state index in [-0.39, 0.29) is 5.28 Å². The van der Waals surface area contributed by atoms with Gasteiger partial charge in [-0.05, 0) is 24.4 Å². The number of aromatic nitrogens is 2. The predicted molar refractivity (Wildman–Crippen MR) is 65.9 cm³/mol. The summed E-state index contributed by atoms with van der Waals surface area (Å²) >= 11 is 5.74. The molecule has 0 spiro atoms. The molecule has 1 N–H and O–H groups in total. The summed E-state index contributed by atoms with van der Waals surface area (Å²) in [5.74, 6) is 1.31. The number of hydrogen-bond donors (Lipinski definition) is 1. The molecule has 5 heteroatoms. The molecule has 0 saturated carbocycles. The Morgan fingerprint density at radius 1 is 1.44 bits per heavy atom. The molecule has 0 bridgehead atoms. The van der Waals surface area contributed by atoms with E-state index in [9.17, 15) is 0 Å². The summed E-state index contributed by atoms with van der Waals surface area (Å²) in [6, 6.07) is 1.86. The van der Waals surface area contributed by atoms with Gasteiger partial charge in [-0.3, -0.25) is 0 Å². The second-order valence-corrected chi connectivity index (χ2v) is 4.40. The van der Waals surface area contributed by atoms with Crippen LogP contribution in [0.1, 0.15) is 19.5 Å². The fourth-order valence-corrected chi connectivity index (χ4v) is 1.42. The molecule has 0 aliphatic rings. The molecule has 16 heavy (non-hydrogen) atoms. The smallest absolute Gasteiger partial charge is 0.224 e. The molecule has 0 radical (unpaired) electrons. The van der Waals surface area contributed by atoms with Crippen molar-refractivity contribution < 1.29 is 4.74 Å². The van der Waals surface area contributed by atoms with Crippen LogP contribution in [0.25, 0.3) is 0 Å². The van der Waals surface area contributed by atoms with Crippen molar-refractivity contribution in [1.82, 2.24) is 9.97 Å². The zero-order valence-electron chi connectivity index (χ0n) is 9.96. The van der Waals surface area contributed by atoms with Crippen LogP contribution in [0.5, 0.6) is 0 Å². The van der Waals surface area contributed by atoms with Gasteiger partial charge in [-0.2, -0.15) is 0 Å². The highest BCUT2D eigenvalue weighted by Crippen LogP contribution is 2.09. The summed E-state index contributed by atoms with van der Waals surface area (Å²) in [6.07, 6.45) is 0. The van der Waals surface area contributed by atoms with E-state index in [2.05, 4.69) is 29.1 Å². The van der Waals surface area contributed by atoms with Crippen molar-refractivity contribution in [2.24, 2.45) is 5.92 Å². The van der Waals surface area contributed by atoms with Crippen LogP contribution >= 0.6 is 11.6 Å². The predicted octanol–water partition coefficient (Wildman–Crippen LogP) is 2.52. The SMILES string of the molecule is Cc1cc(NCCOCC(C)C)nc(Cl)n1. The summed E-state index contributed by atoms with van der Waals surface area (Å²) < 4.78 is 5.44. The van der Waals surface area contributed by atoms with Crippen molar-refractivity contribution in [3.05, 3.63) is 17.0 Å². The van der Waals surface area contributed by atoms with Gasteiger partial charge in [0.1, 0.15) is 5.82 Å². The molecular weight excluding hydrogens is 226 g/mol. The quantitative estimate of drug-likeness (QED) is 0.616. The Morgan fingerprint density at radius 2 is 2.19 bits per heavy atom. The Kier molecular flexibility index (Phi) is 5.49. The molecule has 1 rings (SSSR count). The fourth-order valence-electron chi connectivity index (χ4n) is 1.19. The van der Waals surface area contributed by atoms with Crippen molar-refractivity contribution in [2.45, 2.75) is 20.8 Å². The van der Waals surface area contributed by atoms with E-state index in [0.717, 1.165) is 24.7 Å². The van der Waals surface area contributed by atoms with E-state index in [1.165, 1.54) is 0 Å². The summed E-state index contributed by atoms with van der Waals surface area (Å²) in [5, 5.41) is 3.41. The topological polar surface area (TPSA) is 47.0 Å². The minimum atomic E-state index is 0.269. The minimum Gasteiger partial charge on any atom is -0.379 e. The van der Waals surface area contributed by atoms with Crippen LogP contribution in [-0.4, -0.2) is 29.7 Å². The van der Waals surface area contributed by atoms with Crippen molar-refractivity contribution in [1.29, 1.82) is 0 Å². The third-order valence-electron chi connectivity index (χ3n) is 1.83. The van der Waals surface area contributed by atoms with Gasteiger partial charge < -0.3 is 10.1 Å². The summed E-state index contributed by atoms with van der Waals surface area (Å²) in [7, 11) is 0. The first-order valence-corrected chi connectivity index (χ1v) is 5.78. The molecule has 0 amide bonds. The molecule has 1 heterocycles. The van der Waals surface area contributed by atoms with E-state index in [4.69, 9.17) is 16.3 Å². The molecule has 1 aromatic heterocycles. The number of anilines is 1. The number of ether oxygens (including phenoxy) is 1. The van der Waals surface area contributed by atoms with Gasteiger partial charge in [-0.25, -0.2) is 9.97 Å². The molecule has 0 fully saturated rings. The Hall–Kier alpha value is -0.870. The van der Waals surface area contributed by atoms with Gasteiger partial charge >= 0.3 is 0 Å². The lowest BCUT2D eigenvalue weighted by molar-refractivity contribution is 0.118. The van der Waals surface area contributed by atoms with Crippen LogP contribution in [0.4, 0.5) is 5.82 Å². The standard InChI is InChI=1S/C11H18ClN3O/c1-8(2)7-16-5-4-13-10-6-9(3)14-11(12)15-10/h6,8H,4-5,7H2,1-3H3,(H,13,14,15). The molecule has 0 aromatic carbocycles. The summed E-state index contributed by atoms with van der Waals surface area (Å²) in [6.45, 7) is 8.31. The molecular formula is C11H18ClN3O. The zero-order chi connectivity index (χ0) is 12.0. The highest BCUT2D eigenvalue weighted by atomic mass is 35.5. The first-order chi connectivity index (χ1) is 7.58. The van der Waals surface area contributed by atoms with Crippen LogP contribution in [0.3, 0.4) is 0 Å². The Balaban J connectivity index is 2.26. The molecule has 4 nitrogen and oxygen atoms in total. The van der Waals surface area contributed by atoms with Gasteiger partial charge in [-0.15, -0.1) is 0 Å². The molecule has 1 aromatic rings. The highest BCUT2D eigenvalue weighted by molar-refractivity contribution is 6.28. The van der Waals surface area contributed by atoms with Crippen molar-refractivity contribution >= 4 is 17.4 Å². The number of aryl methyl sites for hydroxylation is 1. The monoisotopic (exact) mass is 243 g/mol. The van der Waals surface area contributed by atoms with Gasteiger partial charge in [-0.1, -0.05) is 13.8 Å². The van der Waals surface area contributed by atoms with E-state index >= 15 is 0 Å². The first-order valence-electron chi connectivity index (χ1n) is 5.40. The Labute approximate surface area is 101 Å². The maximum Gasteiger partial charge on any atom is 0.224 e. The molecule has 0 aliphatic heterocycles. The first kappa shape index (κ1) is 13.2. The largest absolute Gasteiger partial charge is 0.379 e. The van der Waals surface area contributed by atoms with E-state index < -0.39 is 0 Å². The van der Waals surface area contributed by atoms with Crippen molar-refractivity contribution in [3.63, 3.8) is 0 Å². The summed E-state index contributed by atoms with van der Waals surface area (Å²) in [4.78, 5) is 8.04. The van der Waals surface area contributed by atoms with Gasteiger partial charge in [0.05, 0.1) is 6.61 Å². The lowest BCUT2D eigenvalue weighted by atomic mass is 10.2. The highest BCUT2D eigenvalue weighted by Gasteiger charge is 1.99. The lowest BCUT2D eigenvalue weighted by Crippen LogP contribution is -2.13. The van der Waals surface area contributed by atoms with Crippen LogP contribution < -0.4 is 5.32 Å². The van der Waals surface area contributed by atoms with Crippen molar-refractivity contribution in [2.75, 3.05) is 25.1 Å². The zero-order valence-corrected chi connectivity index (χ0v) is 10.7. The fraction of sp³-hybridized carbons (Fsp3) is 0.636. The number of halogens is 1. The van der Waals surface area contributed by atoms with Gasteiger partial charge in [0.2, 0.25) is 5.28 Å². The van der Waals surface area contributed by atoms with Crippen LogP contribution in [0.2, 0.25) is 5.28 Å². The number of nitrogens with zero attached hydrogens (tertiary/aromatic N) is 2. The maximum atomic E-state index is 5.74. The average molecular weight is 244 g/mol. The van der Waals surface area contributed by atoms with Crippen LogP contribution in [0, 0.1) is 12.8 Å². The summed E-state index contributed by atoms with van der Waals surface area (Å²) in [5.41, 5.74) is 0.852. The number of hydrogen-bond acceptors (Lipinski definition) is 4. The molecule has 90 valence electrons. The van der Waals surface area contributed by atoms with Crippen LogP contribution in [-0.2, 0) is 4.74 Å². The van der Waals surface area contributed by atoms with Crippen molar-refractivity contribution in [3.8, 4) is 0 Å². The minimum absolute atomic E-state index is 0.269. The van der Waals surface area contributed by atoms with E-state index in [0.29, 0.717) is 12.5 Å². The molecule has 0 aliphatic carbocycles. The number of rotatable bonds is 6. The molecule has 0 unspecified atom stereocenters. The number of nitrogens with one attached hydrogen (secondary N) is 1. The van der Waals surface area contributed by atoms with Gasteiger partial charge in [0.25, 0.3) is 0 Å². The maximum absolute atomic E-state index is 5.74. The Bertz CT molecular complexity index is 311. The third-order valence-corrected chi connectivity index (χ3v) is 2.00. The lowest BCUT2D eigenvalue weighted by Gasteiger charge is -2.08. The molecule has 0 atom stereocenters. The Morgan fingerprint density at radius 3 is 2.81 bits per heavy atom. The second kappa shape index (κ2) is 6.66. The van der Waals surface area contributed by atoms with Gasteiger partial charge in [0.15, 0.2) is 0 Å². The van der Waals surface area contributed by atoms with E-state index in [1.807, 2.05) is 13.0 Å². The molecule has 0 saturated heterocycles. The van der Waals surface area contributed by atoms with Crippen LogP contribution in [0.15, 0.2) is 6.07 Å². The average Bonchev–Trinajstić information content (AvgIpc) is 2.15.